The lowest BCUT2D eigenvalue weighted by molar-refractivity contribution is -0.141. The molecule has 8 nitrogen and oxygen atoms in total. The maximum Gasteiger partial charge on any atom is 0.434 e. The van der Waals surface area contributed by atoms with Crippen LogP contribution < -0.4 is 9.80 Å². The summed E-state index contributed by atoms with van der Waals surface area (Å²) in [5.41, 5.74) is -0.440. The van der Waals surface area contributed by atoms with E-state index in [4.69, 9.17) is 4.74 Å². The molecule has 11 heteroatoms. The zero-order valence-electron chi connectivity index (χ0n) is 21.8. The predicted molar refractivity (Wildman–Crippen MR) is 137 cm³/mol. The number of piperidine rings is 1. The zero-order chi connectivity index (χ0) is 27.2. The first-order chi connectivity index (χ1) is 18.1. The van der Waals surface area contributed by atoms with Gasteiger partial charge in [-0.1, -0.05) is 12.7 Å². The highest BCUT2D eigenvalue weighted by Gasteiger charge is 2.45. The number of rotatable bonds is 4. The predicted octanol–water partition coefficient (Wildman–Crippen LogP) is 3.19. The van der Waals surface area contributed by atoms with Crippen molar-refractivity contribution >= 4 is 17.4 Å². The van der Waals surface area contributed by atoms with Gasteiger partial charge in [-0.15, -0.1) is 0 Å². The van der Waals surface area contributed by atoms with Gasteiger partial charge >= 0.3 is 6.18 Å². The van der Waals surface area contributed by atoms with Gasteiger partial charge in [0.25, 0.3) is 0 Å². The number of nitrogens with zero attached hydrogens (tertiary/aromatic N) is 6. The molecule has 204 valence electrons. The molecule has 0 radical (unpaired) electrons. The van der Waals surface area contributed by atoms with Crippen molar-refractivity contribution in [3.63, 3.8) is 0 Å². The minimum Gasteiger partial charge on any atom is -0.366 e. The average molecular weight is 531 g/mol. The number of halogens is 3. The Morgan fingerprint density at radius 1 is 1.24 bits per heavy atom. The molecule has 5 heterocycles. The highest BCUT2D eigenvalue weighted by molar-refractivity contribution is 5.87. The zero-order valence-corrected chi connectivity index (χ0v) is 21.8. The van der Waals surface area contributed by atoms with Crippen molar-refractivity contribution < 1.29 is 22.7 Å². The Labute approximate surface area is 220 Å². The van der Waals surface area contributed by atoms with Crippen LogP contribution in [0.5, 0.6) is 0 Å². The van der Waals surface area contributed by atoms with Gasteiger partial charge in [0.15, 0.2) is 5.69 Å². The standard InChI is InChI=1S/C27H33F3N6O2/c1-4-24(37)35-12-10-33(11-13-35)22-17-36(19(22)3)21-15-23(32-25(20(21)16-31)27(28,29)30)34-8-6-26(7-9-34)18(2)5-14-38-26/h4-5,15,19,22H,1,6-14,17H2,2-3H3/t19-,22-/m1/s1. The Hall–Kier alpha value is -3.10. The van der Waals surface area contributed by atoms with E-state index in [0.717, 1.165) is 0 Å². The summed E-state index contributed by atoms with van der Waals surface area (Å²) in [5, 5.41) is 9.80. The fraction of sp³-hybridized carbons (Fsp3) is 0.593. The van der Waals surface area contributed by atoms with Crippen LogP contribution in [-0.4, -0.2) is 90.8 Å². The molecule has 38 heavy (non-hydrogen) atoms. The molecule has 0 aliphatic carbocycles. The number of nitriles is 1. The van der Waals surface area contributed by atoms with Gasteiger partial charge in [-0.05, 0) is 38.3 Å². The number of alkyl halides is 3. The molecule has 0 N–H and O–H groups in total. The van der Waals surface area contributed by atoms with Gasteiger partial charge in [-0.25, -0.2) is 4.98 Å². The number of ether oxygens (including phenoxy) is 1. The van der Waals surface area contributed by atoms with Crippen molar-refractivity contribution in [2.24, 2.45) is 0 Å². The lowest BCUT2D eigenvalue weighted by atomic mass is 9.85. The summed E-state index contributed by atoms with van der Waals surface area (Å²) in [6.45, 7) is 12.2. The summed E-state index contributed by atoms with van der Waals surface area (Å²) in [7, 11) is 0. The van der Waals surface area contributed by atoms with Gasteiger partial charge in [-0.3, -0.25) is 9.69 Å². The van der Waals surface area contributed by atoms with E-state index in [1.54, 1.807) is 17.0 Å². The normalized spacial score (nSPS) is 25.7. The van der Waals surface area contributed by atoms with Crippen LogP contribution in [0.4, 0.5) is 24.7 Å². The molecule has 0 saturated carbocycles. The van der Waals surface area contributed by atoms with E-state index in [9.17, 15) is 23.2 Å². The topological polar surface area (TPSA) is 75.9 Å². The lowest BCUT2D eigenvalue weighted by Crippen LogP contribution is -2.68. The molecule has 1 amide bonds. The molecule has 0 unspecified atom stereocenters. The quantitative estimate of drug-likeness (QED) is 0.437. The second kappa shape index (κ2) is 9.89. The van der Waals surface area contributed by atoms with E-state index < -0.39 is 17.4 Å². The number of amides is 1. The van der Waals surface area contributed by atoms with Crippen molar-refractivity contribution in [3.05, 3.63) is 41.6 Å². The Kier molecular flexibility index (Phi) is 6.90. The third-order valence-electron chi connectivity index (χ3n) is 8.74. The number of piperazine rings is 1. The van der Waals surface area contributed by atoms with Crippen molar-refractivity contribution in [1.29, 1.82) is 5.26 Å². The molecule has 2 atom stereocenters. The summed E-state index contributed by atoms with van der Waals surface area (Å²) in [6.07, 6.45) is -0.0180. The van der Waals surface area contributed by atoms with E-state index in [-0.39, 0.29) is 35.1 Å². The number of hydrogen-bond donors (Lipinski definition) is 0. The average Bonchev–Trinajstić information content (AvgIpc) is 3.26. The van der Waals surface area contributed by atoms with E-state index >= 15 is 0 Å². The highest BCUT2D eigenvalue weighted by Crippen LogP contribution is 2.42. The smallest absolute Gasteiger partial charge is 0.366 e. The fourth-order valence-corrected chi connectivity index (χ4v) is 6.22. The Morgan fingerprint density at radius 3 is 2.45 bits per heavy atom. The summed E-state index contributed by atoms with van der Waals surface area (Å²) < 4.78 is 48.3. The molecule has 1 aromatic rings. The number of carbonyl (C=O) groups excluding carboxylic acids is 1. The number of aromatic nitrogens is 1. The SMILES string of the molecule is C=CC(=O)N1CCN([C@@H]2CN(c3cc(N4CCC5(CC4)OCC=C5C)nc(C(F)(F)F)c3C#N)[C@@H]2C)CC1. The molecular formula is C27H33F3N6O2. The maximum atomic E-state index is 14.1. The van der Waals surface area contributed by atoms with E-state index in [1.807, 2.05) is 23.6 Å². The van der Waals surface area contributed by atoms with Gasteiger partial charge in [0.1, 0.15) is 17.5 Å². The van der Waals surface area contributed by atoms with Gasteiger partial charge in [0, 0.05) is 64.0 Å². The second-order valence-electron chi connectivity index (χ2n) is 10.5. The first kappa shape index (κ1) is 26.5. The molecule has 0 aromatic carbocycles. The summed E-state index contributed by atoms with van der Waals surface area (Å²) >= 11 is 0. The molecule has 4 aliphatic heterocycles. The summed E-state index contributed by atoms with van der Waals surface area (Å²) in [5.74, 6) is 0.151. The van der Waals surface area contributed by atoms with Crippen LogP contribution in [0.2, 0.25) is 0 Å². The van der Waals surface area contributed by atoms with Crippen molar-refractivity contribution in [1.82, 2.24) is 14.8 Å². The van der Waals surface area contributed by atoms with Crippen molar-refractivity contribution in [2.75, 3.05) is 62.2 Å². The third-order valence-corrected chi connectivity index (χ3v) is 8.74. The van der Waals surface area contributed by atoms with Gasteiger partial charge < -0.3 is 19.4 Å². The lowest BCUT2D eigenvalue weighted by Gasteiger charge is -2.54. The first-order valence-corrected chi connectivity index (χ1v) is 13.1. The van der Waals surface area contributed by atoms with Gasteiger partial charge in [0.2, 0.25) is 5.91 Å². The minimum atomic E-state index is -4.75. The molecule has 4 aliphatic rings. The largest absolute Gasteiger partial charge is 0.434 e. The fourth-order valence-electron chi connectivity index (χ4n) is 6.22. The monoisotopic (exact) mass is 530 g/mol. The van der Waals surface area contributed by atoms with E-state index in [2.05, 4.69) is 22.5 Å². The van der Waals surface area contributed by atoms with Crippen molar-refractivity contribution in [3.8, 4) is 6.07 Å². The van der Waals surface area contributed by atoms with Crippen LogP contribution in [0.15, 0.2) is 30.4 Å². The molecule has 5 rings (SSSR count). The number of carbonyl (C=O) groups is 1. The molecule has 3 saturated heterocycles. The van der Waals surface area contributed by atoms with Crippen LogP contribution in [0.1, 0.15) is 37.9 Å². The molecule has 3 fully saturated rings. The Balaban J connectivity index is 1.37. The molecule has 1 aromatic heterocycles. The van der Waals surface area contributed by atoms with Gasteiger partial charge in [0.05, 0.1) is 17.9 Å². The maximum absolute atomic E-state index is 14.1. The number of hydrogen-bond acceptors (Lipinski definition) is 7. The first-order valence-electron chi connectivity index (χ1n) is 13.1. The van der Waals surface area contributed by atoms with Crippen LogP contribution in [0.3, 0.4) is 0 Å². The van der Waals surface area contributed by atoms with Crippen LogP contribution in [0.25, 0.3) is 0 Å². The van der Waals surface area contributed by atoms with E-state index in [0.29, 0.717) is 65.3 Å². The number of anilines is 2. The van der Waals surface area contributed by atoms with E-state index in [1.165, 1.54) is 11.6 Å². The summed E-state index contributed by atoms with van der Waals surface area (Å²) in [6, 6.07) is 3.48. The van der Waals surface area contributed by atoms with Crippen LogP contribution in [0, 0.1) is 11.3 Å². The van der Waals surface area contributed by atoms with Crippen molar-refractivity contribution in [2.45, 2.75) is 50.6 Å². The Bertz CT molecular complexity index is 1180. The molecular weight excluding hydrogens is 497 g/mol. The van der Waals surface area contributed by atoms with Gasteiger partial charge in [-0.2, -0.15) is 18.4 Å². The number of pyridine rings is 1. The second-order valence-corrected chi connectivity index (χ2v) is 10.5. The van der Waals surface area contributed by atoms with Crippen LogP contribution >= 0.6 is 0 Å². The Morgan fingerprint density at radius 2 is 1.92 bits per heavy atom. The summed E-state index contributed by atoms with van der Waals surface area (Å²) in [4.78, 5) is 23.7. The molecule has 0 bridgehead atoms. The third kappa shape index (κ3) is 4.54. The minimum absolute atomic E-state index is 0.0927. The highest BCUT2D eigenvalue weighted by atomic mass is 19.4. The van der Waals surface area contributed by atoms with Crippen LogP contribution in [-0.2, 0) is 15.7 Å². The molecule has 1 spiro atoms.